The van der Waals surface area contributed by atoms with Gasteiger partial charge in [-0.3, -0.25) is 20.0 Å². The van der Waals surface area contributed by atoms with E-state index in [4.69, 9.17) is 0 Å². The fraction of sp³-hybridized carbons (Fsp3) is 0.471. The molecule has 1 aromatic heterocycles. The van der Waals surface area contributed by atoms with E-state index >= 15 is 0 Å². The van der Waals surface area contributed by atoms with E-state index in [2.05, 4.69) is 9.89 Å². The molecule has 2 aliphatic heterocycles. The number of rotatable bonds is 2. The predicted octanol–water partition coefficient (Wildman–Crippen LogP) is 2.40. The number of hydrogen-bond acceptors (Lipinski definition) is 5. The van der Waals surface area contributed by atoms with Crippen LogP contribution in [0.4, 0.5) is 5.69 Å². The van der Waals surface area contributed by atoms with E-state index in [1.807, 2.05) is 0 Å². The van der Waals surface area contributed by atoms with Crippen LogP contribution in [0, 0.1) is 10.1 Å². The molecule has 7 nitrogen and oxygen atoms in total. The Labute approximate surface area is 139 Å². The van der Waals surface area contributed by atoms with Crippen LogP contribution in [0.15, 0.2) is 29.3 Å². The Morgan fingerprint density at radius 2 is 1.92 bits per heavy atom. The summed E-state index contributed by atoms with van der Waals surface area (Å²) in [6, 6.07) is 6.90. The van der Waals surface area contributed by atoms with E-state index in [0.717, 1.165) is 43.5 Å². The summed E-state index contributed by atoms with van der Waals surface area (Å²) < 4.78 is 1.02. The molecule has 0 radical (unpaired) electrons. The minimum atomic E-state index is -0.383. The third-order valence-corrected chi connectivity index (χ3v) is 5.55. The Hall–Kier alpha value is -2.41. The van der Waals surface area contributed by atoms with Gasteiger partial charge in [0.05, 0.1) is 26.9 Å². The number of para-hydroxylation sites is 1. The highest BCUT2D eigenvalue weighted by molar-refractivity contribution is 5.89. The average molecular weight is 328 g/mol. The summed E-state index contributed by atoms with van der Waals surface area (Å²) in [6.07, 6.45) is 3.76. The van der Waals surface area contributed by atoms with Crippen LogP contribution in [0.3, 0.4) is 0 Å². The van der Waals surface area contributed by atoms with Gasteiger partial charge in [0, 0.05) is 7.05 Å². The van der Waals surface area contributed by atoms with Crippen LogP contribution >= 0.6 is 0 Å². The van der Waals surface area contributed by atoms with Gasteiger partial charge in [-0.2, -0.15) is 4.73 Å². The molecular weight excluding hydrogens is 308 g/mol. The standard InChI is InChI=1S/C17H20N4O3/c1-18-16-14(17-8-4-10-19(17)11-5-9-17)15(21(23)24)12-6-2-3-7-13(12)20(16)22/h2-3,6-7,22H,4-5,8-11H2,1H3. The summed E-state index contributed by atoms with van der Waals surface area (Å²) in [5.74, 6) is 0. The van der Waals surface area contributed by atoms with Crippen molar-refractivity contribution in [2.24, 2.45) is 4.99 Å². The summed E-state index contributed by atoms with van der Waals surface area (Å²) in [5, 5.41) is 23.2. The number of aromatic nitrogens is 1. The first-order chi connectivity index (χ1) is 11.6. The molecule has 0 saturated carbocycles. The maximum absolute atomic E-state index is 12.0. The molecular formula is C17H20N4O3. The molecule has 0 unspecified atom stereocenters. The first-order valence-electron chi connectivity index (χ1n) is 8.30. The van der Waals surface area contributed by atoms with Crippen molar-refractivity contribution >= 4 is 16.6 Å². The lowest BCUT2D eigenvalue weighted by molar-refractivity contribution is -0.384. The average Bonchev–Trinajstić information content (AvgIpc) is 3.14. The van der Waals surface area contributed by atoms with Crippen molar-refractivity contribution in [3.05, 3.63) is 45.4 Å². The van der Waals surface area contributed by atoms with Crippen molar-refractivity contribution in [3.63, 3.8) is 0 Å². The summed E-state index contributed by atoms with van der Waals surface area (Å²) in [7, 11) is 1.58. The number of hydrogen-bond donors (Lipinski definition) is 1. The molecule has 1 aromatic carbocycles. The summed E-state index contributed by atoms with van der Waals surface area (Å²) in [4.78, 5) is 18.3. The van der Waals surface area contributed by atoms with Crippen molar-refractivity contribution in [2.45, 2.75) is 31.2 Å². The van der Waals surface area contributed by atoms with Crippen molar-refractivity contribution in [2.75, 3.05) is 20.1 Å². The largest absolute Gasteiger partial charge is 0.426 e. The van der Waals surface area contributed by atoms with Crippen LogP contribution in [-0.2, 0) is 5.54 Å². The van der Waals surface area contributed by atoms with E-state index in [9.17, 15) is 15.3 Å². The number of nitrogens with zero attached hydrogens (tertiary/aromatic N) is 4. The van der Waals surface area contributed by atoms with E-state index < -0.39 is 0 Å². The van der Waals surface area contributed by atoms with E-state index in [-0.39, 0.29) is 16.1 Å². The third-order valence-electron chi connectivity index (χ3n) is 5.55. The lowest BCUT2D eigenvalue weighted by Crippen LogP contribution is -2.42. The molecule has 0 atom stereocenters. The number of benzene rings is 1. The zero-order valence-corrected chi connectivity index (χ0v) is 13.6. The number of pyridine rings is 1. The Kier molecular flexibility index (Phi) is 3.35. The number of fused-ring (bicyclic) bond motifs is 2. The molecule has 2 aromatic rings. The van der Waals surface area contributed by atoms with Gasteiger partial charge in [-0.1, -0.05) is 12.1 Å². The Balaban J connectivity index is 2.19. The van der Waals surface area contributed by atoms with Crippen LogP contribution in [0.1, 0.15) is 31.2 Å². The van der Waals surface area contributed by atoms with Crippen LogP contribution in [-0.4, -0.2) is 39.9 Å². The van der Waals surface area contributed by atoms with Crippen molar-refractivity contribution in [1.82, 2.24) is 9.63 Å². The van der Waals surface area contributed by atoms with Crippen LogP contribution in [0.2, 0.25) is 0 Å². The summed E-state index contributed by atoms with van der Waals surface area (Å²) in [5.41, 5.74) is 0.990. The second-order valence-electron chi connectivity index (χ2n) is 6.58. The maximum Gasteiger partial charge on any atom is 0.287 e. The van der Waals surface area contributed by atoms with Crippen LogP contribution in [0.25, 0.3) is 10.9 Å². The second kappa shape index (κ2) is 5.31. The highest BCUT2D eigenvalue weighted by Gasteiger charge is 2.50. The van der Waals surface area contributed by atoms with Crippen molar-refractivity contribution < 1.29 is 10.1 Å². The van der Waals surface area contributed by atoms with E-state index in [1.54, 1.807) is 31.3 Å². The monoisotopic (exact) mass is 328 g/mol. The zero-order chi connectivity index (χ0) is 16.9. The van der Waals surface area contributed by atoms with Gasteiger partial charge in [-0.15, -0.1) is 0 Å². The zero-order valence-electron chi connectivity index (χ0n) is 13.6. The fourth-order valence-electron chi connectivity index (χ4n) is 4.66. The topological polar surface area (TPSA) is 83.9 Å². The highest BCUT2D eigenvalue weighted by atomic mass is 16.6. The smallest absolute Gasteiger partial charge is 0.287 e. The van der Waals surface area contributed by atoms with Crippen LogP contribution in [0.5, 0.6) is 0 Å². The summed E-state index contributed by atoms with van der Waals surface area (Å²) in [6.45, 7) is 1.89. The number of nitro groups is 1. The maximum atomic E-state index is 12.0. The van der Waals surface area contributed by atoms with Crippen molar-refractivity contribution in [3.8, 4) is 0 Å². The quantitative estimate of drug-likeness (QED) is 0.521. The Bertz CT molecular complexity index is 893. The normalized spacial score (nSPS) is 20.6. The molecule has 0 bridgehead atoms. The van der Waals surface area contributed by atoms with E-state index in [1.165, 1.54) is 0 Å². The fourth-order valence-corrected chi connectivity index (χ4v) is 4.66. The minimum absolute atomic E-state index is 0.0882. The first kappa shape index (κ1) is 15.1. The SMILES string of the molecule is CN=c1c(C23CCCN2CCC3)c([N+](=O)[O-])c2ccccc2n1O. The molecule has 7 heteroatoms. The molecule has 0 spiro atoms. The van der Waals surface area contributed by atoms with Gasteiger partial charge in [0.1, 0.15) is 0 Å². The van der Waals surface area contributed by atoms with E-state index in [0.29, 0.717) is 22.0 Å². The molecule has 3 heterocycles. The van der Waals surface area contributed by atoms with Crippen LogP contribution < -0.4 is 5.49 Å². The first-order valence-corrected chi connectivity index (χ1v) is 8.30. The lowest BCUT2D eigenvalue weighted by Gasteiger charge is -2.32. The second-order valence-corrected chi connectivity index (χ2v) is 6.58. The molecule has 1 N–H and O–H groups in total. The van der Waals surface area contributed by atoms with Gasteiger partial charge < -0.3 is 5.21 Å². The molecule has 2 aliphatic rings. The molecule has 2 saturated heterocycles. The van der Waals surface area contributed by atoms with Gasteiger partial charge in [-0.05, 0) is 50.9 Å². The van der Waals surface area contributed by atoms with Gasteiger partial charge in [0.25, 0.3) is 5.69 Å². The van der Waals surface area contributed by atoms with Gasteiger partial charge in [0.15, 0.2) is 5.49 Å². The lowest BCUT2D eigenvalue weighted by atomic mass is 9.84. The molecule has 24 heavy (non-hydrogen) atoms. The molecule has 4 rings (SSSR count). The Morgan fingerprint density at radius 1 is 1.25 bits per heavy atom. The minimum Gasteiger partial charge on any atom is -0.426 e. The summed E-state index contributed by atoms with van der Waals surface area (Å²) >= 11 is 0. The van der Waals surface area contributed by atoms with Gasteiger partial charge in [-0.25, -0.2) is 0 Å². The highest BCUT2D eigenvalue weighted by Crippen LogP contribution is 2.49. The molecule has 126 valence electrons. The molecule has 0 aliphatic carbocycles. The predicted molar refractivity (Wildman–Crippen MR) is 89.0 cm³/mol. The molecule has 2 fully saturated rings. The van der Waals surface area contributed by atoms with Crippen molar-refractivity contribution in [1.29, 1.82) is 0 Å². The van der Waals surface area contributed by atoms with Gasteiger partial charge in [0.2, 0.25) is 0 Å². The Morgan fingerprint density at radius 3 is 2.54 bits per heavy atom. The molecule has 0 amide bonds. The third kappa shape index (κ3) is 1.84. The van der Waals surface area contributed by atoms with Gasteiger partial charge >= 0.3 is 0 Å².